The average Bonchev–Trinajstić information content (AvgIpc) is 2.75. The highest BCUT2D eigenvalue weighted by atomic mass is 79.9. The fourth-order valence-electron chi connectivity index (χ4n) is 3.25. The van der Waals surface area contributed by atoms with E-state index in [9.17, 15) is 0 Å². The third kappa shape index (κ3) is 3.69. The van der Waals surface area contributed by atoms with E-state index < -0.39 is 0 Å². The van der Waals surface area contributed by atoms with Crippen molar-refractivity contribution in [1.29, 1.82) is 0 Å². The number of fused-ring (bicyclic) bond motifs is 1. The van der Waals surface area contributed by atoms with Gasteiger partial charge in [-0.3, -0.25) is 0 Å². The number of ether oxygens (including phenoxy) is 2. The Morgan fingerprint density at radius 2 is 1.04 bits per heavy atom. The summed E-state index contributed by atoms with van der Waals surface area (Å²) in [5.41, 5.74) is 3.20. The molecule has 0 saturated heterocycles. The summed E-state index contributed by atoms with van der Waals surface area (Å²) in [4.78, 5) is 2.22. The van der Waals surface area contributed by atoms with Gasteiger partial charge in [-0.25, -0.2) is 0 Å². The predicted octanol–water partition coefficient (Wildman–Crippen LogP) is 7.09. The van der Waals surface area contributed by atoms with E-state index in [1.165, 1.54) is 10.8 Å². The lowest BCUT2D eigenvalue weighted by molar-refractivity contribution is 0.415. The molecule has 0 amide bonds. The van der Waals surface area contributed by atoms with Crippen LogP contribution in [-0.4, -0.2) is 14.2 Å². The molecule has 0 aliphatic carbocycles. The van der Waals surface area contributed by atoms with Crippen LogP contribution in [0.2, 0.25) is 0 Å². The highest BCUT2D eigenvalue weighted by Gasteiger charge is 2.13. The van der Waals surface area contributed by atoms with Crippen molar-refractivity contribution < 1.29 is 9.47 Å². The molecule has 4 rings (SSSR count). The van der Waals surface area contributed by atoms with Gasteiger partial charge in [0.2, 0.25) is 0 Å². The molecule has 0 unspecified atom stereocenters. The van der Waals surface area contributed by atoms with Crippen molar-refractivity contribution in [2.45, 2.75) is 0 Å². The van der Waals surface area contributed by atoms with Crippen LogP contribution in [0.15, 0.2) is 89.4 Å². The molecule has 0 saturated carbocycles. The second kappa shape index (κ2) is 7.95. The van der Waals surface area contributed by atoms with Crippen LogP contribution in [-0.2, 0) is 0 Å². The normalized spacial score (nSPS) is 10.7. The first-order valence-corrected chi connectivity index (χ1v) is 9.75. The Morgan fingerprint density at radius 1 is 0.571 bits per heavy atom. The number of anilines is 3. The van der Waals surface area contributed by atoms with Gasteiger partial charge in [-0.05, 0) is 83.6 Å². The van der Waals surface area contributed by atoms with E-state index in [2.05, 4.69) is 81.5 Å². The highest BCUT2D eigenvalue weighted by Crippen LogP contribution is 2.37. The number of nitrogens with zero attached hydrogens (tertiary/aromatic N) is 1. The lowest BCUT2D eigenvalue weighted by Crippen LogP contribution is -2.09. The number of rotatable bonds is 5. The van der Waals surface area contributed by atoms with Gasteiger partial charge in [0, 0.05) is 21.5 Å². The lowest BCUT2D eigenvalue weighted by Gasteiger charge is -2.26. The minimum absolute atomic E-state index is 0.835. The molecular weight excluding hydrogens is 414 g/mol. The molecule has 0 aliphatic heterocycles. The van der Waals surface area contributed by atoms with E-state index in [0.717, 1.165) is 33.0 Å². The third-order valence-electron chi connectivity index (χ3n) is 4.71. The van der Waals surface area contributed by atoms with Crippen molar-refractivity contribution in [3.63, 3.8) is 0 Å². The SMILES string of the molecule is COc1ccc(N(c2ccc(OC)cc2)c2ccc3cc(Br)ccc3c2)cc1. The highest BCUT2D eigenvalue weighted by molar-refractivity contribution is 9.10. The molecule has 4 aromatic carbocycles. The topological polar surface area (TPSA) is 21.7 Å². The number of hydrogen-bond acceptors (Lipinski definition) is 3. The Labute approximate surface area is 173 Å². The Morgan fingerprint density at radius 3 is 1.57 bits per heavy atom. The molecule has 140 valence electrons. The second-order valence-electron chi connectivity index (χ2n) is 6.41. The largest absolute Gasteiger partial charge is 0.497 e. The Hall–Kier alpha value is -2.98. The van der Waals surface area contributed by atoms with Gasteiger partial charge in [0.25, 0.3) is 0 Å². The maximum absolute atomic E-state index is 5.32. The van der Waals surface area contributed by atoms with Gasteiger partial charge in [0.05, 0.1) is 14.2 Å². The minimum Gasteiger partial charge on any atom is -0.497 e. The van der Waals surface area contributed by atoms with E-state index in [1.54, 1.807) is 14.2 Å². The summed E-state index contributed by atoms with van der Waals surface area (Å²) in [6.07, 6.45) is 0. The molecule has 0 N–H and O–H groups in total. The van der Waals surface area contributed by atoms with Crippen molar-refractivity contribution in [3.8, 4) is 11.5 Å². The summed E-state index contributed by atoms with van der Waals surface area (Å²) < 4.78 is 11.7. The van der Waals surface area contributed by atoms with Crippen LogP contribution in [0.4, 0.5) is 17.1 Å². The fraction of sp³-hybridized carbons (Fsp3) is 0.0833. The van der Waals surface area contributed by atoms with E-state index in [-0.39, 0.29) is 0 Å². The predicted molar refractivity (Wildman–Crippen MR) is 119 cm³/mol. The minimum atomic E-state index is 0.835. The summed E-state index contributed by atoms with van der Waals surface area (Å²) in [5, 5.41) is 2.38. The molecule has 0 aromatic heterocycles. The first-order chi connectivity index (χ1) is 13.7. The Bertz CT molecular complexity index is 1040. The summed E-state index contributed by atoms with van der Waals surface area (Å²) in [5.74, 6) is 1.67. The van der Waals surface area contributed by atoms with Gasteiger partial charge < -0.3 is 14.4 Å². The zero-order valence-electron chi connectivity index (χ0n) is 15.7. The molecule has 0 bridgehead atoms. The maximum atomic E-state index is 5.32. The van der Waals surface area contributed by atoms with Gasteiger partial charge in [0.15, 0.2) is 0 Å². The van der Waals surface area contributed by atoms with Crippen molar-refractivity contribution >= 4 is 43.8 Å². The summed E-state index contributed by atoms with van der Waals surface area (Å²) in [6, 6.07) is 29.0. The standard InChI is InChI=1S/C24H20BrNO2/c1-27-23-11-7-20(8-12-23)26(21-9-13-24(28-2)14-10-21)22-6-4-17-15-19(25)5-3-18(17)16-22/h3-16H,1-2H3. The number of halogens is 1. The molecule has 4 aromatic rings. The molecule has 28 heavy (non-hydrogen) atoms. The average molecular weight is 434 g/mol. The van der Waals surface area contributed by atoms with Gasteiger partial charge in [-0.1, -0.05) is 28.1 Å². The molecule has 0 spiro atoms. The van der Waals surface area contributed by atoms with Gasteiger partial charge in [-0.2, -0.15) is 0 Å². The van der Waals surface area contributed by atoms with E-state index in [4.69, 9.17) is 9.47 Å². The zero-order chi connectivity index (χ0) is 19.5. The Balaban J connectivity index is 1.84. The van der Waals surface area contributed by atoms with Crippen LogP contribution in [0.3, 0.4) is 0 Å². The summed E-state index contributed by atoms with van der Waals surface area (Å²) in [7, 11) is 3.36. The molecule has 0 heterocycles. The van der Waals surface area contributed by atoms with Gasteiger partial charge in [0.1, 0.15) is 11.5 Å². The number of benzene rings is 4. The molecule has 3 nitrogen and oxygen atoms in total. The summed E-state index contributed by atoms with van der Waals surface area (Å²) in [6.45, 7) is 0. The van der Waals surface area contributed by atoms with E-state index in [1.807, 2.05) is 24.3 Å². The molecule has 4 heteroatoms. The first kappa shape index (κ1) is 18.4. The molecule has 0 atom stereocenters. The molecular formula is C24H20BrNO2. The maximum Gasteiger partial charge on any atom is 0.119 e. The monoisotopic (exact) mass is 433 g/mol. The Kier molecular flexibility index (Phi) is 5.22. The van der Waals surface area contributed by atoms with Crippen LogP contribution < -0.4 is 14.4 Å². The van der Waals surface area contributed by atoms with E-state index >= 15 is 0 Å². The zero-order valence-corrected chi connectivity index (χ0v) is 17.3. The third-order valence-corrected chi connectivity index (χ3v) is 5.20. The first-order valence-electron chi connectivity index (χ1n) is 8.95. The van der Waals surface area contributed by atoms with Crippen molar-refractivity contribution in [3.05, 3.63) is 89.4 Å². The lowest BCUT2D eigenvalue weighted by atomic mass is 10.1. The van der Waals surface area contributed by atoms with Crippen LogP contribution in [0.25, 0.3) is 10.8 Å². The van der Waals surface area contributed by atoms with Crippen LogP contribution in [0, 0.1) is 0 Å². The van der Waals surface area contributed by atoms with Crippen molar-refractivity contribution in [2.75, 3.05) is 19.1 Å². The quantitative estimate of drug-likeness (QED) is 0.335. The summed E-state index contributed by atoms with van der Waals surface area (Å²) >= 11 is 3.55. The van der Waals surface area contributed by atoms with Crippen LogP contribution in [0.5, 0.6) is 11.5 Å². The molecule has 0 radical (unpaired) electrons. The second-order valence-corrected chi connectivity index (χ2v) is 7.32. The van der Waals surface area contributed by atoms with Gasteiger partial charge >= 0.3 is 0 Å². The number of hydrogen-bond donors (Lipinski definition) is 0. The van der Waals surface area contributed by atoms with E-state index in [0.29, 0.717) is 0 Å². The molecule has 0 aliphatic rings. The van der Waals surface area contributed by atoms with Crippen molar-refractivity contribution in [1.82, 2.24) is 0 Å². The van der Waals surface area contributed by atoms with Gasteiger partial charge in [-0.15, -0.1) is 0 Å². The van der Waals surface area contributed by atoms with Crippen LogP contribution in [0.1, 0.15) is 0 Å². The fourth-order valence-corrected chi connectivity index (χ4v) is 3.63. The smallest absolute Gasteiger partial charge is 0.119 e. The van der Waals surface area contributed by atoms with Crippen molar-refractivity contribution in [2.24, 2.45) is 0 Å². The molecule has 0 fully saturated rings. The number of methoxy groups -OCH3 is 2. The van der Waals surface area contributed by atoms with Crippen LogP contribution >= 0.6 is 15.9 Å².